The lowest BCUT2D eigenvalue weighted by molar-refractivity contribution is 0.102. The number of aromatic nitrogens is 2. The Morgan fingerprint density at radius 3 is 3.00 bits per heavy atom. The number of rotatable bonds is 2. The van der Waals surface area contributed by atoms with Gasteiger partial charge in [-0.3, -0.25) is 4.79 Å². The molecule has 0 fully saturated rings. The number of aromatic amines is 1. The first-order valence-electron chi connectivity index (χ1n) is 6.24. The maximum absolute atomic E-state index is 12.3. The lowest BCUT2D eigenvalue weighted by Gasteiger charge is -2.08. The standard InChI is InChI=1S/C15H14N4O/c1-9-2-3-11(16)7-13(9)15(20)19-12-6-10-4-5-17-14(10)18-8-12/h2-8H,16H2,1H3,(H,17,18)(H,19,20). The van der Waals surface area contributed by atoms with Crippen molar-refractivity contribution >= 4 is 28.3 Å². The number of hydrogen-bond acceptors (Lipinski definition) is 3. The molecular weight excluding hydrogens is 252 g/mol. The van der Waals surface area contributed by atoms with E-state index in [-0.39, 0.29) is 5.91 Å². The van der Waals surface area contributed by atoms with Crippen molar-refractivity contribution in [1.82, 2.24) is 9.97 Å². The third-order valence-corrected chi connectivity index (χ3v) is 3.16. The first-order chi connectivity index (χ1) is 9.63. The Bertz CT molecular complexity index is 791. The van der Waals surface area contributed by atoms with Crippen molar-refractivity contribution in [1.29, 1.82) is 0 Å². The van der Waals surface area contributed by atoms with E-state index in [2.05, 4.69) is 15.3 Å². The summed E-state index contributed by atoms with van der Waals surface area (Å²) in [5, 5.41) is 3.79. The van der Waals surface area contributed by atoms with Crippen molar-refractivity contribution in [3.05, 3.63) is 53.9 Å². The highest BCUT2D eigenvalue weighted by molar-refractivity contribution is 6.06. The second-order valence-corrected chi connectivity index (χ2v) is 4.67. The van der Waals surface area contributed by atoms with Crippen molar-refractivity contribution in [2.45, 2.75) is 6.92 Å². The minimum Gasteiger partial charge on any atom is -0.399 e. The fraction of sp³-hybridized carbons (Fsp3) is 0.0667. The topological polar surface area (TPSA) is 83.8 Å². The molecule has 0 saturated carbocycles. The third kappa shape index (κ3) is 2.21. The predicted molar refractivity (Wildman–Crippen MR) is 79.6 cm³/mol. The van der Waals surface area contributed by atoms with E-state index in [4.69, 9.17) is 5.73 Å². The molecule has 5 heteroatoms. The average molecular weight is 266 g/mol. The summed E-state index contributed by atoms with van der Waals surface area (Å²) in [7, 11) is 0. The number of nitrogen functional groups attached to an aromatic ring is 1. The van der Waals surface area contributed by atoms with E-state index in [0.29, 0.717) is 16.9 Å². The van der Waals surface area contributed by atoms with Gasteiger partial charge in [0.05, 0.1) is 11.9 Å². The molecule has 0 aliphatic rings. The summed E-state index contributed by atoms with van der Waals surface area (Å²) in [6, 6.07) is 9.06. The van der Waals surface area contributed by atoms with Crippen molar-refractivity contribution in [3.63, 3.8) is 0 Å². The Kier molecular flexibility index (Phi) is 2.87. The van der Waals surface area contributed by atoms with Crippen LogP contribution in [0.4, 0.5) is 11.4 Å². The zero-order valence-electron chi connectivity index (χ0n) is 11.0. The van der Waals surface area contributed by atoms with Crippen LogP contribution in [0.3, 0.4) is 0 Å². The number of carbonyl (C=O) groups is 1. The number of nitrogens with one attached hydrogen (secondary N) is 2. The highest BCUT2D eigenvalue weighted by atomic mass is 16.1. The highest BCUT2D eigenvalue weighted by Crippen LogP contribution is 2.18. The summed E-state index contributed by atoms with van der Waals surface area (Å²) in [5.74, 6) is -0.188. The molecule has 5 nitrogen and oxygen atoms in total. The molecular formula is C15H14N4O. The number of aryl methyl sites for hydroxylation is 1. The highest BCUT2D eigenvalue weighted by Gasteiger charge is 2.10. The Morgan fingerprint density at radius 1 is 1.30 bits per heavy atom. The van der Waals surface area contributed by atoms with E-state index in [1.54, 1.807) is 18.3 Å². The number of anilines is 2. The molecule has 20 heavy (non-hydrogen) atoms. The second kappa shape index (κ2) is 4.70. The first-order valence-corrected chi connectivity index (χ1v) is 6.24. The summed E-state index contributed by atoms with van der Waals surface area (Å²) < 4.78 is 0. The van der Waals surface area contributed by atoms with Crippen LogP contribution in [0.25, 0.3) is 11.0 Å². The maximum Gasteiger partial charge on any atom is 0.256 e. The zero-order chi connectivity index (χ0) is 14.1. The molecule has 3 rings (SSSR count). The number of nitrogens with zero attached hydrogens (tertiary/aromatic N) is 1. The summed E-state index contributed by atoms with van der Waals surface area (Å²) in [6.45, 7) is 1.88. The molecule has 2 aromatic heterocycles. The molecule has 0 unspecified atom stereocenters. The van der Waals surface area contributed by atoms with Gasteiger partial charge in [-0.05, 0) is 36.8 Å². The number of carbonyl (C=O) groups excluding carboxylic acids is 1. The SMILES string of the molecule is Cc1ccc(N)cc1C(=O)Nc1cnc2[nH]ccc2c1. The van der Waals surface area contributed by atoms with Crippen molar-refractivity contribution < 1.29 is 4.79 Å². The van der Waals surface area contributed by atoms with Crippen LogP contribution < -0.4 is 11.1 Å². The van der Waals surface area contributed by atoms with Crippen LogP contribution in [-0.2, 0) is 0 Å². The molecule has 0 atom stereocenters. The first kappa shape index (κ1) is 12.2. The lowest BCUT2D eigenvalue weighted by atomic mass is 10.1. The van der Waals surface area contributed by atoms with Gasteiger partial charge in [-0.15, -0.1) is 0 Å². The predicted octanol–water partition coefficient (Wildman–Crippen LogP) is 2.71. The fourth-order valence-electron chi connectivity index (χ4n) is 2.09. The molecule has 0 saturated heterocycles. The molecule has 4 N–H and O–H groups in total. The number of pyridine rings is 1. The second-order valence-electron chi connectivity index (χ2n) is 4.67. The maximum atomic E-state index is 12.3. The van der Waals surface area contributed by atoms with Crippen LogP contribution in [0.2, 0.25) is 0 Å². The van der Waals surface area contributed by atoms with E-state index in [9.17, 15) is 4.79 Å². The largest absolute Gasteiger partial charge is 0.399 e. The van der Waals surface area contributed by atoms with E-state index < -0.39 is 0 Å². The van der Waals surface area contributed by atoms with E-state index in [0.717, 1.165) is 16.6 Å². The number of nitrogens with two attached hydrogens (primary N) is 1. The van der Waals surface area contributed by atoms with Crippen molar-refractivity contribution in [3.8, 4) is 0 Å². The summed E-state index contributed by atoms with van der Waals surface area (Å²) >= 11 is 0. The van der Waals surface area contributed by atoms with Crippen LogP contribution in [0, 0.1) is 6.92 Å². The molecule has 1 amide bonds. The summed E-state index contributed by atoms with van der Waals surface area (Å²) in [6.07, 6.45) is 3.43. The van der Waals surface area contributed by atoms with Crippen LogP contribution in [0.15, 0.2) is 42.7 Å². The molecule has 0 aliphatic carbocycles. The monoisotopic (exact) mass is 266 g/mol. The van der Waals surface area contributed by atoms with Gasteiger partial charge in [0.25, 0.3) is 5.91 Å². The van der Waals surface area contributed by atoms with Gasteiger partial charge in [0, 0.05) is 22.8 Å². The quantitative estimate of drug-likeness (QED) is 0.623. The van der Waals surface area contributed by atoms with Crippen LogP contribution in [0.5, 0.6) is 0 Å². The molecule has 0 bridgehead atoms. The fourth-order valence-corrected chi connectivity index (χ4v) is 2.09. The molecule has 1 aromatic carbocycles. The summed E-state index contributed by atoms with van der Waals surface area (Å²) in [4.78, 5) is 19.5. The molecule has 100 valence electrons. The number of fused-ring (bicyclic) bond motifs is 1. The van der Waals surface area contributed by atoms with Gasteiger partial charge in [0.15, 0.2) is 0 Å². The Balaban J connectivity index is 1.89. The van der Waals surface area contributed by atoms with E-state index in [1.165, 1.54) is 0 Å². The number of benzene rings is 1. The van der Waals surface area contributed by atoms with Gasteiger partial charge in [-0.1, -0.05) is 6.07 Å². The zero-order valence-corrected chi connectivity index (χ0v) is 11.0. The minimum atomic E-state index is -0.188. The number of H-pyrrole nitrogens is 1. The number of amides is 1. The lowest BCUT2D eigenvalue weighted by Crippen LogP contribution is -2.13. The van der Waals surface area contributed by atoms with Crippen LogP contribution >= 0.6 is 0 Å². The average Bonchev–Trinajstić information content (AvgIpc) is 2.89. The van der Waals surface area contributed by atoms with Crippen molar-refractivity contribution in [2.75, 3.05) is 11.1 Å². The van der Waals surface area contributed by atoms with E-state index >= 15 is 0 Å². The number of hydrogen-bond donors (Lipinski definition) is 3. The summed E-state index contributed by atoms with van der Waals surface area (Å²) in [5.41, 5.74) is 9.19. The van der Waals surface area contributed by atoms with Gasteiger partial charge < -0.3 is 16.0 Å². The Hall–Kier alpha value is -2.82. The van der Waals surface area contributed by atoms with Gasteiger partial charge in [-0.25, -0.2) is 4.98 Å². The Morgan fingerprint density at radius 2 is 2.15 bits per heavy atom. The molecule has 0 aliphatic heterocycles. The molecule has 2 heterocycles. The molecule has 0 radical (unpaired) electrons. The van der Waals surface area contributed by atoms with Gasteiger partial charge in [-0.2, -0.15) is 0 Å². The normalized spacial score (nSPS) is 10.7. The third-order valence-electron chi connectivity index (χ3n) is 3.16. The van der Waals surface area contributed by atoms with E-state index in [1.807, 2.05) is 31.3 Å². The van der Waals surface area contributed by atoms with Gasteiger partial charge in [0.1, 0.15) is 5.65 Å². The van der Waals surface area contributed by atoms with Gasteiger partial charge in [0.2, 0.25) is 0 Å². The van der Waals surface area contributed by atoms with Crippen LogP contribution in [-0.4, -0.2) is 15.9 Å². The Labute approximate surface area is 115 Å². The molecule has 3 aromatic rings. The molecule has 0 spiro atoms. The van der Waals surface area contributed by atoms with Crippen molar-refractivity contribution in [2.24, 2.45) is 0 Å². The smallest absolute Gasteiger partial charge is 0.256 e. The van der Waals surface area contributed by atoms with Gasteiger partial charge >= 0.3 is 0 Å². The van der Waals surface area contributed by atoms with Crippen LogP contribution in [0.1, 0.15) is 15.9 Å². The minimum absolute atomic E-state index is 0.188.